The minimum atomic E-state index is -0.536. The van der Waals surface area contributed by atoms with E-state index in [1.165, 1.54) is 38.2 Å². The van der Waals surface area contributed by atoms with E-state index in [9.17, 15) is 4.39 Å². The summed E-state index contributed by atoms with van der Waals surface area (Å²) in [5, 5.41) is 8.71. The Balaban J connectivity index is 1.96. The minimum Gasteiger partial charge on any atom is -0.490 e. The van der Waals surface area contributed by atoms with Gasteiger partial charge >= 0.3 is 0 Å². The third kappa shape index (κ3) is 2.97. The molecule has 0 saturated heterocycles. The van der Waals surface area contributed by atoms with E-state index < -0.39 is 5.82 Å². The molecule has 17 heavy (non-hydrogen) atoms. The minimum absolute atomic E-state index is 0.0474. The van der Waals surface area contributed by atoms with Gasteiger partial charge in [-0.15, -0.1) is 0 Å². The van der Waals surface area contributed by atoms with E-state index >= 15 is 0 Å². The van der Waals surface area contributed by atoms with Crippen LogP contribution in [0, 0.1) is 23.1 Å². The van der Waals surface area contributed by atoms with Gasteiger partial charge in [0.1, 0.15) is 6.07 Å². The maximum Gasteiger partial charge on any atom is 0.182 e. The Bertz CT molecular complexity index is 419. The monoisotopic (exact) mass is 233 g/mol. The van der Waals surface area contributed by atoms with Crippen molar-refractivity contribution in [1.29, 1.82) is 5.26 Å². The summed E-state index contributed by atoms with van der Waals surface area (Å²) < 4.78 is 19.2. The first-order valence-electron chi connectivity index (χ1n) is 6.12. The van der Waals surface area contributed by atoms with Crippen LogP contribution in [0.4, 0.5) is 4.39 Å². The molecule has 0 radical (unpaired) electrons. The Morgan fingerprint density at radius 2 is 2.06 bits per heavy atom. The number of hydrogen-bond donors (Lipinski definition) is 0. The second kappa shape index (κ2) is 5.67. The summed E-state index contributed by atoms with van der Waals surface area (Å²) in [6.07, 6.45) is 6.12. The molecule has 3 heteroatoms. The Morgan fingerprint density at radius 1 is 1.29 bits per heavy atom. The van der Waals surface area contributed by atoms with Gasteiger partial charge in [-0.2, -0.15) is 5.26 Å². The van der Waals surface area contributed by atoms with Gasteiger partial charge in [-0.05, 0) is 30.9 Å². The summed E-state index contributed by atoms with van der Waals surface area (Å²) >= 11 is 0. The largest absolute Gasteiger partial charge is 0.490 e. The van der Waals surface area contributed by atoms with Gasteiger partial charge in [0.2, 0.25) is 0 Å². The molecule has 1 aliphatic carbocycles. The molecule has 0 amide bonds. The number of halogens is 1. The van der Waals surface area contributed by atoms with Crippen LogP contribution in [-0.2, 0) is 0 Å². The van der Waals surface area contributed by atoms with Crippen molar-refractivity contribution in [3.8, 4) is 11.8 Å². The van der Waals surface area contributed by atoms with Crippen LogP contribution in [0.5, 0.6) is 5.75 Å². The lowest BCUT2D eigenvalue weighted by atomic mass is 9.90. The standard InChI is InChI=1S/C14H16FNO/c15-14-12(9-16)7-4-8-13(14)17-10-11-5-2-1-3-6-11/h4,7-8,11H,1-3,5-6,10H2. The van der Waals surface area contributed by atoms with E-state index in [4.69, 9.17) is 10.00 Å². The maximum atomic E-state index is 13.7. The van der Waals surface area contributed by atoms with Crippen molar-refractivity contribution in [1.82, 2.24) is 0 Å². The predicted octanol–water partition coefficient (Wildman–Crippen LogP) is 3.66. The first-order chi connectivity index (χ1) is 8.31. The molecule has 0 aliphatic heterocycles. The molecule has 0 heterocycles. The number of nitrogens with zero attached hydrogens (tertiary/aromatic N) is 1. The quantitative estimate of drug-likeness (QED) is 0.798. The number of nitriles is 1. The van der Waals surface area contributed by atoms with E-state index in [-0.39, 0.29) is 11.3 Å². The number of benzene rings is 1. The van der Waals surface area contributed by atoms with Crippen LogP contribution < -0.4 is 4.74 Å². The average molecular weight is 233 g/mol. The van der Waals surface area contributed by atoms with Gasteiger partial charge in [-0.1, -0.05) is 25.3 Å². The molecule has 1 aliphatic rings. The van der Waals surface area contributed by atoms with Crippen molar-refractivity contribution in [2.45, 2.75) is 32.1 Å². The Hall–Kier alpha value is -1.56. The van der Waals surface area contributed by atoms with E-state index in [1.807, 2.05) is 6.07 Å². The molecule has 1 fully saturated rings. The number of ether oxygens (including phenoxy) is 1. The molecule has 0 atom stereocenters. The van der Waals surface area contributed by atoms with Crippen molar-refractivity contribution >= 4 is 0 Å². The summed E-state index contributed by atoms with van der Waals surface area (Å²) in [5.41, 5.74) is 0.0474. The summed E-state index contributed by atoms with van der Waals surface area (Å²) in [5.74, 6) is 0.203. The highest BCUT2D eigenvalue weighted by Gasteiger charge is 2.15. The zero-order chi connectivity index (χ0) is 12.1. The fourth-order valence-corrected chi connectivity index (χ4v) is 2.27. The Kier molecular flexibility index (Phi) is 3.98. The number of rotatable bonds is 3. The van der Waals surface area contributed by atoms with Gasteiger partial charge < -0.3 is 4.74 Å². The van der Waals surface area contributed by atoms with E-state index in [0.717, 1.165) is 0 Å². The molecule has 0 aromatic heterocycles. The third-order valence-corrected chi connectivity index (χ3v) is 3.28. The summed E-state index contributed by atoms with van der Waals surface area (Å²) in [6, 6.07) is 6.51. The zero-order valence-corrected chi connectivity index (χ0v) is 9.79. The highest BCUT2D eigenvalue weighted by molar-refractivity contribution is 5.38. The van der Waals surface area contributed by atoms with Gasteiger partial charge in [0, 0.05) is 0 Å². The third-order valence-electron chi connectivity index (χ3n) is 3.28. The van der Waals surface area contributed by atoms with Crippen LogP contribution in [0.2, 0.25) is 0 Å². The molecule has 1 aromatic rings. The highest BCUT2D eigenvalue weighted by Crippen LogP contribution is 2.26. The van der Waals surface area contributed by atoms with Crippen molar-refractivity contribution < 1.29 is 9.13 Å². The van der Waals surface area contributed by atoms with Crippen molar-refractivity contribution in [2.75, 3.05) is 6.61 Å². The lowest BCUT2D eigenvalue weighted by Gasteiger charge is -2.21. The Morgan fingerprint density at radius 3 is 2.76 bits per heavy atom. The molecule has 0 unspecified atom stereocenters. The van der Waals surface area contributed by atoms with E-state index in [2.05, 4.69) is 0 Å². The predicted molar refractivity (Wildman–Crippen MR) is 63.2 cm³/mol. The molecule has 1 saturated carbocycles. The molecule has 2 rings (SSSR count). The van der Waals surface area contributed by atoms with E-state index in [0.29, 0.717) is 12.5 Å². The van der Waals surface area contributed by atoms with Crippen LogP contribution in [0.1, 0.15) is 37.7 Å². The first kappa shape index (κ1) is 11.9. The van der Waals surface area contributed by atoms with Gasteiger partial charge in [0.05, 0.1) is 12.2 Å². The van der Waals surface area contributed by atoms with Gasteiger partial charge in [-0.3, -0.25) is 0 Å². The molecule has 90 valence electrons. The lowest BCUT2D eigenvalue weighted by Crippen LogP contribution is -2.15. The maximum absolute atomic E-state index is 13.7. The normalized spacial score (nSPS) is 16.5. The fraction of sp³-hybridized carbons (Fsp3) is 0.500. The molecule has 1 aromatic carbocycles. The Labute approximate surface area is 101 Å². The van der Waals surface area contributed by atoms with Crippen molar-refractivity contribution in [3.05, 3.63) is 29.6 Å². The zero-order valence-electron chi connectivity index (χ0n) is 9.79. The smallest absolute Gasteiger partial charge is 0.182 e. The molecular weight excluding hydrogens is 217 g/mol. The van der Waals surface area contributed by atoms with Crippen LogP contribution in [0.25, 0.3) is 0 Å². The van der Waals surface area contributed by atoms with Crippen molar-refractivity contribution in [3.63, 3.8) is 0 Å². The second-order valence-corrected chi connectivity index (χ2v) is 4.54. The lowest BCUT2D eigenvalue weighted by molar-refractivity contribution is 0.202. The van der Waals surface area contributed by atoms with Crippen LogP contribution in [0.3, 0.4) is 0 Å². The SMILES string of the molecule is N#Cc1cccc(OCC2CCCCC2)c1F. The van der Waals surface area contributed by atoms with Gasteiger partial charge in [-0.25, -0.2) is 4.39 Å². The summed E-state index contributed by atoms with van der Waals surface area (Å²) in [7, 11) is 0. The fourth-order valence-electron chi connectivity index (χ4n) is 2.27. The molecule has 0 bridgehead atoms. The summed E-state index contributed by atoms with van der Waals surface area (Å²) in [4.78, 5) is 0. The van der Waals surface area contributed by atoms with Crippen molar-refractivity contribution in [2.24, 2.45) is 5.92 Å². The van der Waals surface area contributed by atoms with Gasteiger partial charge in [0.25, 0.3) is 0 Å². The summed E-state index contributed by atoms with van der Waals surface area (Å²) in [6.45, 7) is 0.561. The van der Waals surface area contributed by atoms with Gasteiger partial charge in [0.15, 0.2) is 11.6 Å². The molecular formula is C14H16FNO. The molecule has 2 nitrogen and oxygen atoms in total. The average Bonchev–Trinajstić information content (AvgIpc) is 2.39. The molecule has 0 N–H and O–H groups in total. The van der Waals surface area contributed by atoms with Crippen LogP contribution in [-0.4, -0.2) is 6.61 Å². The highest BCUT2D eigenvalue weighted by atomic mass is 19.1. The van der Waals surface area contributed by atoms with E-state index in [1.54, 1.807) is 12.1 Å². The topological polar surface area (TPSA) is 33.0 Å². The second-order valence-electron chi connectivity index (χ2n) is 4.54. The van der Waals surface area contributed by atoms with Crippen LogP contribution >= 0.6 is 0 Å². The first-order valence-corrected chi connectivity index (χ1v) is 6.12. The van der Waals surface area contributed by atoms with Crippen LogP contribution in [0.15, 0.2) is 18.2 Å². The molecule has 0 spiro atoms. The number of hydrogen-bond acceptors (Lipinski definition) is 2.